The molecule has 0 spiro atoms. The van der Waals surface area contributed by atoms with E-state index >= 15 is 0 Å². The number of anilines is 1. The monoisotopic (exact) mass is 409 g/mol. The Kier molecular flexibility index (Phi) is 6.39. The predicted octanol–water partition coefficient (Wildman–Crippen LogP) is 4.31. The summed E-state index contributed by atoms with van der Waals surface area (Å²) in [7, 11) is 1.33. The molecule has 29 heavy (non-hydrogen) atoms. The molecular formula is C22H23N3O3S. The normalized spacial score (nSPS) is 10.6. The van der Waals surface area contributed by atoms with E-state index in [1.165, 1.54) is 18.9 Å². The lowest BCUT2D eigenvalue weighted by atomic mass is 10.1. The van der Waals surface area contributed by atoms with Gasteiger partial charge in [-0.15, -0.1) is 11.8 Å². The minimum atomic E-state index is -0.436. The van der Waals surface area contributed by atoms with E-state index in [4.69, 9.17) is 4.74 Å². The van der Waals surface area contributed by atoms with Gasteiger partial charge in [-0.05, 0) is 50.6 Å². The molecule has 0 atom stereocenters. The Morgan fingerprint density at radius 3 is 2.52 bits per heavy atom. The van der Waals surface area contributed by atoms with Gasteiger partial charge >= 0.3 is 5.97 Å². The average molecular weight is 410 g/mol. The van der Waals surface area contributed by atoms with Crippen LogP contribution in [0.2, 0.25) is 0 Å². The Morgan fingerprint density at radius 1 is 1.10 bits per heavy atom. The first-order valence-electron chi connectivity index (χ1n) is 9.14. The van der Waals surface area contributed by atoms with E-state index < -0.39 is 5.97 Å². The van der Waals surface area contributed by atoms with Crippen molar-refractivity contribution in [3.8, 4) is 5.69 Å². The molecule has 6 nitrogen and oxygen atoms in total. The Labute approximate surface area is 174 Å². The number of thioether (sulfide) groups is 1. The van der Waals surface area contributed by atoms with Crippen LogP contribution in [0.15, 0.2) is 53.4 Å². The number of esters is 1. The summed E-state index contributed by atoms with van der Waals surface area (Å²) >= 11 is 1.45. The molecule has 0 aliphatic rings. The lowest BCUT2D eigenvalue weighted by Crippen LogP contribution is -2.15. The zero-order chi connectivity index (χ0) is 21.0. The van der Waals surface area contributed by atoms with Crippen LogP contribution in [0, 0.1) is 20.8 Å². The van der Waals surface area contributed by atoms with Crippen molar-refractivity contribution < 1.29 is 14.3 Å². The molecule has 1 aromatic heterocycles. The molecule has 0 fully saturated rings. The molecule has 1 amide bonds. The van der Waals surface area contributed by atoms with E-state index in [9.17, 15) is 9.59 Å². The van der Waals surface area contributed by atoms with Crippen molar-refractivity contribution in [1.82, 2.24) is 9.78 Å². The molecule has 0 radical (unpaired) electrons. The molecule has 0 saturated carbocycles. The van der Waals surface area contributed by atoms with Crippen molar-refractivity contribution in [3.63, 3.8) is 0 Å². The highest BCUT2D eigenvalue weighted by atomic mass is 32.2. The average Bonchev–Trinajstić information content (AvgIpc) is 3.01. The molecule has 0 aliphatic carbocycles. The first-order chi connectivity index (χ1) is 13.9. The third-order valence-corrected chi connectivity index (χ3v) is 5.79. The Morgan fingerprint density at radius 2 is 1.83 bits per heavy atom. The smallest absolute Gasteiger partial charge is 0.337 e. The van der Waals surface area contributed by atoms with E-state index in [-0.39, 0.29) is 11.7 Å². The maximum atomic E-state index is 12.5. The van der Waals surface area contributed by atoms with Gasteiger partial charge in [0.25, 0.3) is 0 Å². The molecule has 0 unspecified atom stereocenters. The second-order valence-electron chi connectivity index (χ2n) is 6.61. The van der Waals surface area contributed by atoms with Gasteiger partial charge in [0.15, 0.2) is 0 Å². The van der Waals surface area contributed by atoms with Crippen molar-refractivity contribution >= 4 is 29.3 Å². The molecule has 1 N–H and O–H groups in total. The third-order valence-electron chi connectivity index (χ3n) is 4.51. The minimum Gasteiger partial charge on any atom is -0.465 e. The van der Waals surface area contributed by atoms with Gasteiger partial charge in [-0.3, -0.25) is 4.79 Å². The zero-order valence-corrected chi connectivity index (χ0v) is 17.7. The number of nitrogens with one attached hydrogen (secondary N) is 1. The van der Waals surface area contributed by atoms with E-state index in [1.807, 2.05) is 55.8 Å². The van der Waals surface area contributed by atoms with Crippen molar-refractivity contribution in [1.29, 1.82) is 0 Å². The number of rotatable bonds is 6. The number of carbonyl (C=O) groups is 2. The second-order valence-corrected chi connectivity index (χ2v) is 7.59. The standard InChI is InChI=1S/C22H23N3O3S/c1-14-10-11-17(22(27)28-4)12-19(14)23-20(26)13-29-21-15(2)24-25(16(21)3)18-8-6-5-7-9-18/h5-12H,13H2,1-4H3,(H,23,26). The Hall–Kier alpha value is -3.06. The highest BCUT2D eigenvalue weighted by Crippen LogP contribution is 2.28. The van der Waals surface area contributed by atoms with Crippen LogP contribution in [0.4, 0.5) is 5.69 Å². The van der Waals surface area contributed by atoms with Gasteiger partial charge in [0, 0.05) is 5.69 Å². The van der Waals surface area contributed by atoms with Gasteiger partial charge in [0.1, 0.15) is 0 Å². The Balaban J connectivity index is 1.71. The number of carbonyl (C=O) groups excluding carboxylic acids is 2. The Bertz CT molecular complexity index is 1040. The number of ether oxygens (including phenoxy) is 1. The van der Waals surface area contributed by atoms with Crippen LogP contribution in [0.3, 0.4) is 0 Å². The number of aromatic nitrogens is 2. The summed E-state index contributed by atoms with van der Waals surface area (Å²) in [6.45, 7) is 5.82. The highest BCUT2D eigenvalue weighted by Gasteiger charge is 2.16. The SMILES string of the molecule is COC(=O)c1ccc(C)c(NC(=O)CSc2c(C)nn(-c3ccccc3)c2C)c1. The minimum absolute atomic E-state index is 0.147. The fourth-order valence-electron chi connectivity index (χ4n) is 2.98. The van der Waals surface area contributed by atoms with Gasteiger partial charge in [-0.25, -0.2) is 9.48 Å². The van der Waals surface area contributed by atoms with Crippen molar-refractivity contribution in [2.45, 2.75) is 25.7 Å². The molecule has 7 heteroatoms. The summed E-state index contributed by atoms with van der Waals surface area (Å²) in [5, 5.41) is 7.49. The number of benzene rings is 2. The largest absolute Gasteiger partial charge is 0.465 e. The number of aryl methyl sites for hydroxylation is 2. The van der Waals surface area contributed by atoms with E-state index in [1.54, 1.807) is 18.2 Å². The summed E-state index contributed by atoms with van der Waals surface area (Å²) in [6.07, 6.45) is 0. The number of methoxy groups -OCH3 is 1. The molecule has 0 bridgehead atoms. The summed E-state index contributed by atoms with van der Waals surface area (Å²) in [5.41, 5.74) is 4.74. The molecule has 3 rings (SSSR count). The maximum Gasteiger partial charge on any atom is 0.337 e. The molecule has 2 aromatic carbocycles. The van der Waals surface area contributed by atoms with E-state index in [0.29, 0.717) is 11.3 Å². The van der Waals surface area contributed by atoms with Gasteiger partial charge < -0.3 is 10.1 Å². The topological polar surface area (TPSA) is 73.2 Å². The maximum absolute atomic E-state index is 12.5. The van der Waals surface area contributed by atoms with Crippen LogP contribution in [-0.2, 0) is 9.53 Å². The van der Waals surface area contributed by atoms with Crippen LogP contribution in [0.1, 0.15) is 27.3 Å². The molecule has 0 saturated heterocycles. The number of para-hydroxylation sites is 1. The number of nitrogens with zero attached hydrogens (tertiary/aromatic N) is 2. The number of amides is 1. The van der Waals surface area contributed by atoms with E-state index in [2.05, 4.69) is 10.4 Å². The molecule has 0 aliphatic heterocycles. The van der Waals surface area contributed by atoms with Gasteiger partial charge in [0.2, 0.25) is 5.91 Å². The summed E-state index contributed by atoms with van der Waals surface area (Å²) < 4.78 is 6.63. The molecule has 150 valence electrons. The fraction of sp³-hybridized carbons (Fsp3) is 0.227. The first-order valence-corrected chi connectivity index (χ1v) is 10.1. The fourth-order valence-corrected chi connectivity index (χ4v) is 3.88. The zero-order valence-electron chi connectivity index (χ0n) is 16.9. The molecule has 3 aromatic rings. The predicted molar refractivity (Wildman–Crippen MR) is 115 cm³/mol. The molecule has 1 heterocycles. The van der Waals surface area contributed by atoms with Crippen molar-refractivity contribution in [3.05, 3.63) is 71.0 Å². The van der Waals surface area contributed by atoms with Crippen molar-refractivity contribution in [2.75, 3.05) is 18.2 Å². The second kappa shape index (κ2) is 8.96. The summed E-state index contributed by atoms with van der Waals surface area (Å²) in [5.74, 6) is -0.342. The van der Waals surface area contributed by atoms with Crippen LogP contribution < -0.4 is 5.32 Å². The van der Waals surface area contributed by atoms with Crippen LogP contribution in [0.5, 0.6) is 0 Å². The van der Waals surface area contributed by atoms with Crippen LogP contribution in [0.25, 0.3) is 5.69 Å². The van der Waals surface area contributed by atoms with Gasteiger partial charge in [-0.1, -0.05) is 24.3 Å². The summed E-state index contributed by atoms with van der Waals surface area (Å²) in [4.78, 5) is 25.2. The van der Waals surface area contributed by atoms with Crippen molar-refractivity contribution in [2.24, 2.45) is 0 Å². The lowest BCUT2D eigenvalue weighted by molar-refractivity contribution is -0.113. The van der Waals surface area contributed by atoms with Gasteiger partial charge in [0.05, 0.1) is 40.4 Å². The quantitative estimate of drug-likeness (QED) is 0.485. The highest BCUT2D eigenvalue weighted by molar-refractivity contribution is 8.00. The number of hydrogen-bond donors (Lipinski definition) is 1. The van der Waals surface area contributed by atoms with Crippen LogP contribution in [-0.4, -0.2) is 34.5 Å². The first kappa shape index (κ1) is 20.7. The third kappa shape index (κ3) is 4.68. The lowest BCUT2D eigenvalue weighted by Gasteiger charge is -2.10. The van der Waals surface area contributed by atoms with Crippen LogP contribution >= 0.6 is 11.8 Å². The summed E-state index contributed by atoms with van der Waals surface area (Å²) in [6, 6.07) is 15.0. The number of hydrogen-bond acceptors (Lipinski definition) is 5. The van der Waals surface area contributed by atoms with Gasteiger partial charge in [-0.2, -0.15) is 5.10 Å². The molecular weight excluding hydrogens is 386 g/mol. The van der Waals surface area contributed by atoms with E-state index in [0.717, 1.165) is 27.5 Å².